The van der Waals surface area contributed by atoms with Crippen LogP contribution in [0.25, 0.3) is 0 Å². The number of nitrogens with zero attached hydrogens (tertiary/aromatic N) is 1. The van der Waals surface area contributed by atoms with Crippen LogP contribution < -0.4 is 5.73 Å². The van der Waals surface area contributed by atoms with Crippen molar-refractivity contribution in [3.8, 4) is 0 Å². The lowest BCUT2D eigenvalue weighted by molar-refractivity contribution is -0.159. The predicted octanol–water partition coefficient (Wildman–Crippen LogP) is -0.327. The van der Waals surface area contributed by atoms with E-state index in [9.17, 15) is 9.59 Å². The quantitative estimate of drug-likeness (QED) is 0.691. The number of aliphatic carboxylic acids is 1. The molecule has 1 amide bonds. The first-order chi connectivity index (χ1) is 8.08. The molecule has 0 spiro atoms. The summed E-state index contributed by atoms with van der Waals surface area (Å²) < 4.78 is 5.06. The number of rotatable bonds is 5. The molecule has 2 unspecified atom stereocenters. The van der Waals surface area contributed by atoms with Crippen molar-refractivity contribution in [1.82, 2.24) is 4.90 Å². The largest absolute Gasteiger partial charge is 0.479 e. The van der Waals surface area contributed by atoms with Gasteiger partial charge in [-0.1, -0.05) is 13.3 Å². The molecular weight excluding hydrogens is 224 g/mol. The summed E-state index contributed by atoms with van der Waals surface area (Å²) in [5.41, 5.74) is 5.55. The maximum atomic E-state index is 11.9. The highest BCUT2D eigenvalue weighted by Gasteiger charge is 2.29. The zero-order valence-corrected chi connectivity index (χ0v) is 10.1. The van der Waals surface area contributed by atoms with E-state index in [2.05, 4.69) is 0 Å². The van der Waals surface area contributed by atoms with Crippen LogP contribution in [0.5, 0.6) is 0 Å². The van der Waals surface area contributed by atoms with E-state index in [0.29, 0.717) is 19.5 Å². The van der Waals surface area contributed by atoms with Crippen LogP contribution in [0.3, 0.4) is 0 Å². The Bertz CT molecular complexity index is 279. The monoisotopic (exact) mass is 244 g/mol. The molecule has 1 heterocycles. The fraction of sp³-hybridized carbons (Fsp3) is 0.818. The van der Waals surface area contributed by atoms with Crippen LogP contribution in [0.2, 0.25) is 0 Å². The highest BCUT2D eigenvalue weighted by atomic mass is 16.5. The molecule has 0 radical (unpaired) electrons. The third-order valence-corrected chi connectivity index (χ3v) is 3.07. The number of morpholine rings is 1. The fourth-order valence-electron chi connectivity index (χ4n) is 1.80. The Morgan fingerprint density at radius 1 is 1.59 bits per heavy atom. The average molecular weight is 244 g/mol. The number of amides is 1. The summed E-state index contributed by atoms with van der Waals surface area (Å²) in [4.78, 5) is 24.2. The minimum Gasteiger partial charge on any atom is -0.479 e. The van der Waals surface area contributed by atoms with Crippen LogP contribution in [0.4, 0.5) is 0 Å². The molecule has 0 saturated carbocycles. The van der Waals surface area contributed by atoms with Gasteiger partial charge < -0.3 is 20.5 Å². The smallest absolute Gasteiger partial charge is 0.334 e. The molecule has 0 bridgehead atoms. The molecule has 98 valence electrons. The highest BCUT2D eigenvalue weighted by Crippen LogP contribution is 2.12. The zero-order chi connectivity index (χ0) is 12.8. The zero-order valence-electron chi connectivity index (χ0n) is 10.1. The molecule has 3 N–H and O–H groups in total. The summed E-state index contributed by atoms with van der Waals surface area (Å²) >= 11 is 0. The van der Waals surface area contributed by atoms with Gasteiger partial charge in [-0.3, -0.25) is 4.79 Å². The van der Waals surface area contributed by atoms with Gasteiger partial charge in [-0.05, 0) is 12.5 Å². The van der Waals surface area contributed by atoms with E-state index in [1.165, 1.54) is 0 Å². The van der Waals surface area contributed by atoms with Gasteiger partial charge in [0.1, 0.15) is 0 Å². The van der Waals surface area contributed by atoms with E-state index in [0.717, 1.165) is 6.42 Å². The number of carboxylic acids is 1. The lowest BCUT2D eigenvalue weighted by Crippen LogP contribution is -2.49. The van der Waals surface area contributed by atoms with Crippen LogP contribution in [-0.2, 0) is 14.3 Å². The topological polar surface area (TPSA) is 92.9 Å². The van der Waals surface area contributed by atoms with Crippen molar-refractivity contribution < 1.29 is 19.4 Å². The first-order valence-corrected chi connectivity index (χ1v) is 5.90. The standard InChI is InChI=1S/C11H20N2O4/c1-2-8(6-12)5-10(14)13-3-4-17-9(7-13)11(15)16/h8-9H,2-7,12H2,1H3,(H,15,16). The Labute approximate surface area is 101 Å². The van der Waals surface area contributed by atoms with Crippen LogP contribution in [0.1, 0.15) is 19.8 Å². The van der Waals surface area contributed by atoms with Crippen molar-refractivity contribution in [2.75, 3.05) is 26.2 Å². The van der Waals surface area contributed by atoms with Crippen molar-refractivity contribution in [2.45, 2.75) is 25.9 Å². The van der Waals surface area contributed by atoms with Crippen molar-refractivity contribution in [2.24, 2.45) is 11.7 Å². The minimum atomic E-state index is -1.02. The third-order valence-electron chi connectivity index (χ3n) is 3.07. The van der Waals surface area contributed by atoms with Gasteiger partial charge in [-0.25, -0.2) is 4.79 Å². The van der Waals surface area contributed by atoms with Crippen LogP contribution in [0.15, 0.2) is 0 Å². The average Bonchev–Trinajstić information content (AvgIpc) is 2.35. The van der Waals surface area contributed by atoms with E-state index < -0.39 is 12.1 Å². The molecule has 0 aromatic rings. The molecule has 2 atom stereocenters. The molecule has 6 heteroatoms. The van der Waals surface area contributed by atoms with Crippen molar-refractivity contribution >= 4 is 11.9 Å². The highest BCUT2D eigenvalue weighted by molar-refractivity contribution is 5.78. The number of hydrogen-bond donors (Lipinski definition) is 2. The maximum absolute atomic E-state index is 11.9. The second kappa shape index (κ2) is 6.56. The van der Waals surface area contributed by atoms with Gasteiger partial charge in [0.15, 0.2) is 6.10 Å². The first kappa shape index (κ1) is 13.9. The van der Waals surface area contributed by atoms with Crippen molar-refractivity contribution in [1.29, 1.82) is 0 Å². The molecule has 1 aliphatic rings. The molecule has 1 fully saturated rings. The summed E-state index contributed by atoms with van der Waals surface area (Å²) in [6.45, 7) is 3.35. The summed E-state index contributed by atoms with van der Waals surface area (Å²) in [5.74, 6) is -0.876. The van der Waals surface area contributed by atoms with E-state index in [4.69, 9.17) is 15.6 Å². The van der Waals surface area contributed by atoms with Crippen LogP contribution in [0, 0.1) is 5.92 Å². The van der Waals surface area contributed by atoms with Gasteiger partial charge >= 0.3 is 5.97 Å². The lowest BCUT2D eigenvalue weighted by atomic mass is 10.0. The summed E-state index contributed by atoms with van der Waals surface area (Å²) in [6.07, 6.45) is 0.347. The molecular formula is C11H20N2O4. The summed E-state index contributed by atoms with van der Waals surface area (Å²) in [5, 5.41) is 8.83. The maximum Gasteiger partial charge on any atom is 0.334 e. The molecule has 17 heavy (non-hydrogen) atoms. The summed E-state index contributed by atoms with van der Waals surface area (Å²) in [6, 6.07) is 0. The molecule has 1 saturated heterocycles. The fourth-order valence-corrected chi connectivity index (χ4v) is 1.80. The number of hydrogen-bond acceptors (Lipinski definition) is 4. The lowest BCUT2D eigenvalue weighted by Gasteiger charge is -2.31. The second-order valence-corrected chi connectivity index (χ2v) is 4.25. The summed E-state index contributed by atoms with van der Waals surface area (Å²) in [7, 11) is 0. The first-order valence-electron chi connectivity index (χ1n) is 5.90. The number of nitrogens with two attached hydrogens (primary N) is 1. The van der Waals surface area contributed by atoms with Crippen LogP contribution in [-0.4, -0.2) is 54.2 Å². The van der Waals surface area contributed by atoms with Gasteiger partial charge in [0.2, 0.25) is 5.91 Å². The molecule has 0 aliphatic carbocycles. The van der Waals surface area contributed by atoms with Gasteiger partial charge in [0, 0.05) is 13.0 Å². The molecule has 0 aromatic heterocycles. The molecule has 1 aliphatic heterocycles. The van der Waals surface area contributed by atoms with E-state index in [1.54, 1.807) is 4.90 Å². The van der Waals surface area contributed by atoms with Gasteiger partial charge in [-0.15, -0.1) is 0 Å². The SMILES string of the molecule is CCC(CN)CC(=O)N1CCOC(C(=O)O)C1. The Morgan fingerprint density at radius 2 is 2.29 bits per heavy atom. The van der Waals surface area contributed by atoms with Crippen LogP contribution >= 0.6 is 0 Å². The number of ether oxygens (including phenoxy) is 1. The Balaban J connectivity index is 2.48. The van der Waals surface area contributed by atoms with Gasteiger partial charge in [0.25, 0.3) is 0 Å². The molecule has 6 nitrogen and oxygen atoms in total. The van der Waals surface area contributed by atoms with Crippen molar-refractivity contribution in [3.05, 3.63) is 0 Å². The van der Waals surface area contributed by atoms with E-state index in [1.807, 2.05) is 6.92 Å². The number of carboxylic acid groups (broad SMARTS) is 1. The second-order valence-electron chi connectivity index (χ2n) is 4.25. The number of carbonyl (C=O) groups excluding carboxylic acids is 1. The number of carbonyl (C=O) groups is 2. The van der Waals surface area contributed by atoms with Crippen molar-refractivity contribution in [3.63, 3.8) is 0 Å². The normalized spacial score (nSPS) is 22.2. The minimum absolute atomic E-state index is 0.0307. The Kier molecular flexibility index (Phi) is 5.37. The van der Waals surface area contributed by atoms with Gasteiger partial charge in [0.05, 0.1) is 13.2 Å². The molecule has 1 rings (SSSR count). The van der Waals surface area contributed by atoms with E-state index >= 15 is 0 Å². The van der Waals surface area contributed by atoms with E-state index in [-0.39, 0.29) is 25.0 Å². The molecule has 0 aromatic carbocycles. The Morgan fingerprint density at radius 3 is 2.82 bits per heavy atom. The Hall–Kier alpha value is -1.14. The predicted molar refractivity (Wildman–Crippen MR) is 61.4 cm³/mol. The third kappa shape index (κ3) is 3.98. The van der Waals surface area contributed by atoms with Gasteiger partial charge in [-0.2, -0.15) is 0 Å².